The van der Waals surface area contributed by atoms with Gasteiger partial charge in [-0.3, -0.25) is 20.4 Å². The zero-order chi connectivity index (χ0) is 18.4. The van der Waals surface area contributed by atoms with E-state index in [-0.39, 0.29) is 5.75 Å². The van der Waals surface area contributed by atoms with Gasteiger partial charge in [0.1, 0.15) is 12.3 Å². The van der Waals surface area contributed by atoms with Crippen molar-refractivity contribution in [2.75, 3.05) is 5.75 Å². The summed E-state index contributed by atoms with van der Waals surface area (Å²) < 4.78 is 6.76. The Bertz CT molecular complexity index is 881. The average Bonchev–Trinajstić information content (AvgIpc) is 3.31. The summed E-state index contributed by atoms with van der Waals surface area (Å²) in [6.45, 7) is 0.358. The molecule has 0 atom stereocenters. The molecular weight excluding hydrogens is 380 g/mol. The predicted octanol–water partition coefficient (Wildman–Crippen LogP) is 1.52. The van der Waals surface area contributed by atoms with Gasteiger partial charge in [-0.15, -0.1) is 5.10 Å². The maximum atomic E-state index is 11.9. The van der Waals surface area contributed by atoms with Gasteiger partial charge in [0.2, 0.25) is 11.1 Å². The van der Waals surface area contributed by atoms with E-state index in [0.29, 0.717) is 28.0 Å². The SMILES string of the molecule is O=C(CSc1nnnn1Cc1ccco1)NNC(=O)c1ccc(Cl)cc1. The molecule has 2 heterocycles. The Labute approximate surface area is 157 Å². The second-order valence-electron chi connectivity index (χ2n) is 5.00. The summed E-state index contributed by atoms with van der Waals surface area (Å²) in [4.78, 5) is 23.8. The number of tetrazole rings is 1. The van der Waals surface area contributed by atoms with Gasteiger partial charge in [0.05, 0.1) is 12.0 Å². The summed E-state index contributed by atoms with van der Waals surface area (Å²) in [5, 5.41) is 12.3. The summed E-state index contributed by atoms with van der Waals surface area (Å²) in [6.07, 6.45) is 1.56. The van der Waals surface area contributed by atoms with Gasteiger partial charge >= 0.3 is 0 Å². The topological polar surface area (TPSA) is 115 Å². The Kier molecular flexibility index (Phi) is 5.87. The molecule has 0 saturated heterocycles. The number of carbonyl (C=O) groups is 2. The van der Waals surface area contributed by atoms with E-state index in [4.69, 9.17) is 16.0 Å². The Hall–Kier alpha value is -2.85. The van der Waals surface area contributed by atoms with Crippen molar-refractivity contribution < 1.29 is 14.0 Å². The van der Waals surface area contributed by atoms with Crippen LogP contribution in [0.2, 0.25) is 5.02 Å². The summed E-state index contributed by atoms with van der Waals surface area (Å²) in [5.74, 6) is -0.120. The number of hydrogen-bond acceptors (Lipinski definition) is 7. The normalized spacial score (nSPS) is 10.5. The number of nitrogens with one attached hydrogen (secondary N) is 2. The van der Waals surface area contributed by atoms with Crippen LogP contribution >= 0.6 is 23.4 Å². The Balaban J connectivity index is 1.46. The van der Waals surface area contributed by atoms with Crippen LogP contribution in [0.3, 0.4) is 0 Å². The third-order valence-electron chi connectivity index (χ3n) is 3.14. The van der Waals surface area contributed by atoms with Crippen molar-refractivity contribution in [2.45, 2.75) is 11.7 Å². The molecule has 134 valence electrons. The number of hydrazine groups is 1. The van der Waals surface area contributed by atoms with Gasteiger partial charge in [0.25, 0.3) is 5.91 Å². The minimum Gasteiger partial charge on any atom is -0.467 e. The highest BCUT2D eigenvalue weighted by Crippen LogP contribution is 2.15. The average molecular weight is 393 g/mol. The molecule has 0 radical (unpaired) electrons. The van der Waals surface area contributed by atoms with E-state index < -0.39 is 11.8 Å². The van der Waals surface area contributed by atoms with Gasteiger partial charge in [0.15, 0.2) is 0 Å². The van der Waals surface area contributed by atoms with Crippen molar-refractivity contribution in [3.05, 3.63) is 59.0 Å². The van der Waals surface area contributed by atoms with E-state index in [0.717, 1.165) is 11.8 Å². The number of amides is 2. The lowest BCUT2D eigenvalue weighted by Crippen LogP contribution is -2.42. The van der Waals surface area contributed by atoms with Gasteiger partial charge in [-0.05, 0) is 46.8 Å². The molecule has 0 spiro atoms. The molecule has 0 bridgehead atoms. The van der Waals surface area contributed by atoms with E-state index in [1.807, 2.05) is 0 Å². The fourth-order valence-corrected chi connectivity index (χ4v) is 2.72. The van der Waals surface area contributed by atoms with Gasteiger partial charge < -0.3 is 4.42 Å². The van der Waals surface area contributed by atoms with Crippen LogP contribution in [-0.2, 0) is 11.3 Å². The minimum absolute atomic E-state index is 0.0272. The van der Waals surface area contributed by atoms with E-state index in [1.54, 1.807) is 42.7 Å². The van der Waals surface area contributed by atoms with Crippen LogP contribution in [0.15, 0.2) is 52.2 Å². The van der Waals surface area contributed by atoms with Crippen LogP contribution in [-0.4, -0.2) is 37.8 Å². The Morgan fingerprint density at radius 3 is 2.73 bits per heavy atom. The van der Waals surface area contributed by atoms with E-state index in [9.17, 15) is 9.59 Å². The van der Waals surface area contributed by atoms with Gasteiger partial charge in [-0.25, -0.2) is 4.68 Å². The first-order valence-electron chi connectivity index (χ1n) is 7.38. The second-order valence-corrected chi connectivity index (χ2v) is 6.38. The first-order valence-corrected chi connectivity index (χ1v) is 8.74. The van der Waals surface area contributed by atoms with E-state index in [1.165, 1.54) is 4.68 Å². The lowest BCUT2D eigenvalue weighted by molar-refractivity contribution is -0.119. The molecule has 0 aliphatic rings. The quantitative estimate of drug-likeness (QED) is 0.482. The molecule has 2 aromatic heterocycles. The molecule has 26 heavy (non-hydrogen) atoms. The number of hydrogen-bond donors (Lipinski definition) is 2. The van der Waals surface area contributed by atoms with Crippen molar-refractivity contribution in [1.82, 2.24) is 31.1 Å². The highest BCUT2D eigenvalue weighted by atomic mass is 35.5. The first-order chi connectivity index (χ1) is 12.6. The molecular formula is C15H13ClN6O3S. The molecule has 0 unspecified atom stereocenters. The maximum absolute atomic E-state index is 11.9. The molecule has 3 rings (SSSR count). The number of thioether (sulfide) groups is 1. The van der Waals surface area contributed by atoms with Crippen LogP contribution < -0.4 is 10.9 Å². The summed E-state index contributed by atoms with van der Waals surface area (Å²) in [7, 11) is 0. The van der Waals surface area contributed by atoms with Crippen molar-refractivity contribution in [1.29, 1.82) is 0 Å². The van der Waals surface area contributed by atoms with Gasteiger partial charge in [-0.1, -0.05) is 23.4 Å². The number of nitrogens with zero attached hydrogens (tertiary/aromatic N) is 4. The summed E-state index contributed by atoms with van der Waals surface area (Å²) in [6, 6.07) is 9.86. The highest BCUT2D eigenvalue weighted by Gasteiger charge is 2.12. The molecule has 2 N–H and O–H groups in total. The minimum atomic E-state index is -0.442. The Morgan fingerprint density at radius 1 is 1.19 bits per heavy atom. The third-order valence-corrected chi connectivity index (χ3v) is 4.35. The monoisotopic (exact) mass is 392 g/mol. The van der Waals surface area contributed by atoms with E-state index in [2.05, 4.69) is 26.4 Å². The van der Waals surface area contributed by atoms with Gasteiger partial charge in [0, 0.05) is 10.6 Å². The number of carbonyl (C=O) groups excluding carboxylic acids is 2. The summed E-state index contributed by atoms with van der Waals surface area (Å²) in [5.41, 5.74) is 5.04. The number of halogens is 1. The lowest BCUT2D eigenvalue weighted by Gasteiger charge is -2.07. The van der Waals surface area contributed by atoms with Crippen molar-refractivity contribution >= 4 is 35.2 Å². The largest absolute Gasteiger partial charge is 0.467 e. The fraction of sp³-hybridized carbons (Fsp3) is 0.133. The predicted molar refractivity (Wildman–Crippen MR) is 93.4 cm³/mol. The van der Waals surface area contributed by atoms with Crippen molar-refractivity contribution in [3.8, 4) is 0 Å². The van der Waals surface area contributed by atoms with Crippen LogP contribution in [0, 0.1) is 0 Å². The van der Waals surface area contributed by atoms with Crippen LogP contribution in [0.1, 0.15) is 16.1 Å². The number of furan rings is 1. The fourth-order valence-electron chi connectivity index (χ4n) is 1.92. The maximum Gasteiger partial charge on any atom is 0.269 e. The van der Waals surface area contributed by atoms with Crippen LogP contribution in [0.5, 0.6) is 0 Å². The molecule has 3 aromatic rings. The third kappa shape index (κ3) is 4.83. The number of aromatic nitrogens is 4. The summed E-state index contributed by atoms with van der Waals surface area (Å²) >= 11 is 6.90. The lowest BCUT2D eigenvalue weighted by atomic mass is 10.2. The molecule has 9 nitrogen and oxygen atoms in total. The molecule has 11 heteroatoms. The molecule has 0 fully saturated rings. The van der Waals surface area contributed by atoms with Crippen LogP contribution in [0.4, 0.5) is 0 Å². The molecule has 2 amide bonds. The van der Waals surface area contributed by atoms with Gasteiger partial charge in [-0.2, -0.15) is 0 Å². The number of benzene rings is 1. The number of rotatable bonds is 6. The smallest absolute Gasteiger partial charge is 0.269 e. The highest BCUT2D eigenvalue weighted by molar-refractivity contribution is 7.99. The van der Waals surface area contributed by atoms with Crippen molar-refractivity contribution in [3.63, 3.8) is 0 Å². The first kappa shape index (κ1) is 18.0. The molecule has 1 aromatic carbocycles. The van der Waals surface area contributed by atoms with E-state index >= 15 is 0 Å². The molecule has 0 saturated carbocycles. The second kappa shape index (κ2) is 8.50. The molecule has 0 aliphatic carbocycles. The zero-order valence-electron chi connectivity index (χ0n) is 13.3. The van der Waals surface area contributed by atoms with Crippen LogP contribution in [0.25, 0.3) is 0 Å². The molecule has 0 aliphatic heterocycles. The zero-order valence-corrected chi connectivity index (χ0v) is 14.8. The van der Waals surface area contributed by atoms with Crippen molar-refractivity contribution in [2.24, 2.45) is 0 Å². The standard InChI is InChI=1S/C15H13ClN6O3S/c16-11-5-3-10(4-6-11)14(24)18-17-13(23)9-26-15-19-20-21-22(15)8-12-2-1-7-25-12/h1-7H,8-9H2,(H,17,23)(H,18,24). The Morgan fingerprint density at radius 2 is 2.00 bits per heavy atom.